The van der Waals surface area contributed by atoms with E-state index in [1.54, 1.807) is 36.7 Å². The van der Waals surface area contributed by atoms with Crippen molar-refractivity contribution in [1.29, 1.82) is 0 Å². The topological polar surface area (TPSA) is 128 Å². The van der Waals surface area contributed by atoms with E-state index in [0.717, 1.165) is 16.6 Å². The van der Waals surface area contributed by atoms with Gasteiger partial charge in [0.2, 0.25) is 0 Å². The summed E-state index contributed by atoms with van der Waals surface area (Å²) in [5.74, 6) is 0.761. The highest BCUT2D eigenvalue weighted by Gasteiger charge is 2.37. The molecule has 0 saturated heterocycles. The number of rotatable bonds is 12. The summed E-state index contributed by atoms with van der Waals surface area (Å²) in [5.41, 5.74) is 1.94. The van der Waals surface area contributed by atoms with Gasteiger partial charge in [-0.3, -0.25) is 4.98 Å². The molecule has 0 amide bonds. The summed E-state index contributed by atoms with van der Waals surface area (Å²) in [6.07, 6.45) is 8.69. The van der Waals surface area contributed by atoms with Gasteiger partial charge in [-0.05, 0) is 76.1 Å². The van der Waals surface area contributed by atoms with Gasteiger partial charge in [-0.15, -0.1) is 0 Å². The highest BCUT2D eigenvalue weighted by molar-refractivity contribution is 9.10. The van der Waals surface area contributed by atoms with Crippen LogP contribution in [0.1, 0.15) is 17.7 Å². The minimum Gasteiger partial charge on any atom is -0.488 e. The maximum atomic E-state index is 13.5. The van der Waals surface area contributed by atoms with Crippen molar-refractivity contribution in [2.75, 3.05) is 24.2 Å². The number of nitrogens with one attached hydrogen (secondary N) is 2. The van der Waals surface area contributed by atoms with E-state index in [1.165, 1.54) is 30.7 Å². The Morgan fingerprint density at radius 1 is 1.02 bits per heavy atom. The molecule has 0 fully saturated rings. The van der Waals surface area contributed by atoms with Crippen LogP contribution in [0.5, 0.6) is 5.75 Å². The molecule has 0 bridgehead atoms. The van der Waals surface area contributed by atoms with Gasteiger partial charge in [0.25, 0.3) is 0 Å². The lowest BCUT2D eigenvalue weighted by Gasteiger charge is -2.29. The van der Waals surface area contributed by atoms with E-state index in [4.69, 9.17) is 9.47 Å². The van der Waals surface area contributed by atoms with Crippen LogP contribution in [-0.4, -0.2) is 47.2 Å². The van der Waals surface area contributed by atoms with Crippen LogP contribution < -0.4 is 15.4 Å². The maximum absolute atomic E-state index is 13.5. The number of sulfone groups is 1. The van der Waals surface area contributed by atoms with Gasteiger partial charge < -0.3 is 20.1 Å². The average molecular weight is 692 g/mol. The summed E-state index contributed by atoms with van der Waals surface area (Å²) in [5, 5.41) is 7.37. The van der Waals surface area contributed by atoms with Crippen molar-refractivity contribution in [2.45, 2.75) is 23.7 Å². The van der Waals surface area contributed by atoms with E-state index >= 15 is 0 Å². The molecular weight excluding hydrogens is 663 g/mol. The van der Waals surface area contributed by atoms with E-state index in [2.05, 4.69) is 46.5 Å². The summed E-state index contributed by atoms with van der Waals surface area (Å²) >= 11 is 3.56. The Labute approximate surface area is 267 Å². The fourth-order valence-corrected chi connectivity index (χ4v) is 6.52. The summed E-state index contributed by atoms with van der Waals surface area (Å²) in [6, 6.07) is 18.5. The third-order valence-electron chi connectivity index (χ3n) is 7.22. The first-order chi connectivity index (χ1) is 21.8. The molecule has 0 spiro atoms. The predicted molar refractivity (Wildman–Crippen MR) is 171 cm³/mol. The lowest BCUT2D eigenvalue weighted by molar-refractivity contribution is 0.0378. The molecule has 10 nitrogen and oxygen atoms in total. The van der Waals surface area contributed by atoms with Crippen molar-refractivity contribution in [3.8, 4) is 5.75 Å². The van der Waals surface area contributed by atoms with Gasteiger partial charge in [-0.2, -0.15) is 0 Å². The highest BCUT2D eigenvalue weighted by atomic mass is 79.9. The van der Waals surface area contributed by atoms with Crippen molar-refractivity contribution in [2.24, 2.45) is 0 Å². The zero-order chi connectivity index (χ0) is 31.3. The van der Waals surface area contributed by atoms with Crippen LogP contribution in [0.4, 0.5) is 15.9 Å². The molecule has 1 aliphatic heterocycles. The third-order valence-corrected chi connectivity index (χ3v) is 9.46. The van der Waals surface area contributed by atoms with Crippen LogP contribution >= 0.6 is 15.9 Å². The number of pyridine rings is 2. The number of hydrogen-bond donors (Lipinski definition) is 2. The second-order valence-electron chi connectivity index (χ2n) is 10.3. The monoisotopic (exact) mass is 690 g/mol. The van der Waals surface area contributed by atoms with Crippen molar-refractivity contribution >= 4 is 48.2 Å². The van der Waals surface area contributed by atoms with Gasteiger partial charge in [0.1, 0.15) is 30.3 Å². The number of nitrogens with zero attached hydrogens (tertiary/aromatic N) is 4. The van der Waals surface area contributed by atoms with Crippen LogP contribution in [0, 0.1) is 5.82 Å². The van der Waals surface area contributed by atoms with Crippen LogP contribution in [-0.2, 0) is 26.8 Å². The molecule has 0 radical (unpaired) electrons. The van der Waals surface area contributed by atoms with Gasteiger partial charge in [0.05, 0.1) is 33.9 Å². The van der Waals surface area contributed by atoms with E-state index in [-0.39, 0.29) is 29.7 Å². The largest absolute Gasteiger partial charge is 0.488 e. The van der Waals surface area contributed by atoms with Crippen LogP contribution in [0.2, 0.25) is 0 Å². The molecule has 45 heavy (non-hydrogen) atoms. The van der Waals surface area contributed by atoms with Gasteiger partial charge in [0.15, 0.2) is 20.5 Å². The first kappa shape index (κ1) is 30.6. The van der Waals surface area contributed by atoms with Gasteiger partial charge in [0, 0.05) is 36.8 Å². The minimum atomic E-state index is -3.52. The fraction of sp³-hybridized carbons (Fsp3) is 0.188. The highest BCUT2D eigenvalue weighted by Crippen LogP contribution is 2.36. The number of hydrogen-bond acceptors (Lipinski definition) is 10. The number of anilines is 2. The van der Waals surface area contributed by atoms with E-state index in [9.17, 15) is 12.8 Å². The number of benzene rings is 2. The van der Waals surface area contributed by atoms with Crippen molar-refractivity contribution in [3.05, 3.63) is 119 Å². The quantitative estimate of drug-likeness (QED) is 0.154. The van der Waals surface area contributed by atoms with E-state index in [0.29, 0.717) is 40.2 Å². The molecule has 0 aliphatic carbocycles. The average Bonchev–Trinajstić information content (AvgIpc) is 3.53. The molecular formula is C32H28BrFN6O4S. The second kappa shape index (κ2) is 13.3. The molecule has 1 aliphatic rings. The molecule has 0 saturated carbocycles. The number of ether oxygens (including phenoxy) is 2. The zero-order valence-electron chi connectivity index (χ0n) is 23.9. The normalized spacial score (nSPS) is 16.0. The Hall–Kier alpha value is -4.46. The minimum absolute atomic E-state index is 0.0505. The van der Waals surface area contributed by atoms with E-state index in [1.807, 2.05) is 30.3 Å². The summed E-state index contributed by atoms with van der Waals surface area (Å²) in [4.78, 5) is 17.5. The molecule has 1 atom stereocenters. The van der Waals surface area contributed by atoms with Crippen molar-refractivity contribution in [3.63, 3.8) is 0 Å². The molecule has 6 rings (SSSR count). The van der Waals surface area contributed by atoms with Crippen LogP contribution in [0.3, 0.4) is 0 Å². The Kier molecular flexibility index (Phi) is 9.01. The molecule has 2 aromatic carbocycles. The standard InChI is InChI=1S/C32H28BrFN6O4S/c33-26-16-24(8-9-28(26)43-19-22-5-3-6-23(34)15-22)40-31-25-17-29(37-18-27(25)38-21-39-31)32(10-4-13-44-32)20-35-12-14-45(41,42)30-7-1-2-11-36-30/h1-9,11,13,15-18,21,35H,10,12,14,19-20H2,(H,38,39,40). The second-order valence-corrected chi connectivity index (χ2v) is 13.3. The fourth-order valence-electron chi connectivity index (χ4n) is 4.89. The van der Waals surface area contributed by atoms with Crippen LogP contribution in [0.25, 0.3) is 10.9 Å². The van der Waals surface area contributed by atoms with E-state index < -0.39 is 15.4 Å². The molecule has 5 aromatic rings. The lowest BCUT2D eigenvalue weighted by Crippen LogP contribution is -2.40. The van der Waals surface area contributed by atoms with Gasteiger partial charge in [-0.25, -0.2) is 27.8 Å². The smallest absolute Gasteiger partial charge is 0.196 e. The third kappa shape index (κ3) is 7.11. The SMILES string of the molecule is O=S(=O)(CCNCC1(c2cc3c(Nc4ccc(OCc5cccc(F)c5)c(Br)c4)ncnc3cn2)CC=CO1)c1ccccn1. The molecule has 2 N–H and O–H groups in total. The number of aromatic nitrogens is 4. The molecule has 13 heteroatoms. The van der Waals surface area contributed by atoms with Crippen molar-refractivity contribution in [1.82, 2.24) is 25.3 Å². The lowest BCUT2D eigenvalue weighted by atomic mass is 9.94. The Morgan fingerprint density at radius 2 is 1.93 bits per heavy atom. The zero-order valence-corrected chi connectivity index (χ0v) is 26.3. The predicted octanol–water partition coefficient (Wildman–Crippen LogP) is 5.84. The first-order valence-electron chi connectivity index (χ1n) is 14.0. The number of fused-ring (bicyclic) bond motifs is 1. The molecule has 230 valence electrons. The Balaban J connectivity index is 1.17. The number of halogens is 2. The van der Waals surface area contributed by atoms with Gasteiger partial charge >= 0.3 is 0 Å². The first-order valence-corrected chi connectivity index (χ1v) is 16.5. The summed E-state index contributed by atoms with van der Waals surface area (Å²) in [7, 11) is -3.52. The summed E-state index contributed by atoms with van der Waals surface area (Å²) in [6.45, 7) is 0.768. The Morgan fingerprint density at radius 3 is 2.71 bits per heavy atom. The molecule has 1 unspecified atom stereocenters. The Bertz CT molecular complexity index is 1950. The molecule has 3 aromatic heterocycles. The van der Waals surface area contributed by atoms with Crippen molar-refractivity contribution < 1.29 is 22.3 Å². The molecule has 4 heterocycles. The summed E-state index contributed by atoms with van der Waals surface area (Å²) < 4.78 is 51.5. The van der Waals surface area contributed by atoms with Gasteiger partial charge in [-0.1, -0.05) is 18.2 Å². The maximum Gasteiger partial charge on any atom is 0.196 e. The van der Waals surface area contributed by atoms with Crippen LogP contribution in [0.15, 0.2) is 107 Å².